The summed E-state index contributed by atoms with van der Waals surface area (Å²) in [5.41, 5.74) is 1.50. The fraction of sp³-hybridized carbons (Fsp3) is 0.286. The zero-order valence-electron chi connectivity index (χ0n) is 11.3. The van der Waals surface area contributed by atoms with Gasteiger partial charge in [-0.15, -0.1) is 0 Å². The number of aliphatic carboxylic acids is 1. The predicted molar refractivity (Wildman–Crippen MR) is 72.8 cm³/mol. The van der Waals surface area contributed by atoms with Crippen LogP contribution in [0.5, 0.6) is 5.75 Å². The molecule has 2 rings (SSSR count). The highest BCUT2D eigenvalue weighted by Crippen LogP contribution is 2.16. The molecule has 5 nitrogen and oxygen atoms in total. The van der Waals surface area contributed by atoms with Crippen LogP contribution in [0.15, 0.2) is 36.7 Å². The number of hydrogen-bond donors (Lipinski definition) is 1. The van der Waals surface area contributed by atoms with Gasteiger partial charge in [-0.05, 0) is 12.1 Å². The van der Waals surface area contributed by atoms with Crippen LogP contribution in [-0.2, 0) is 11.2 Å². The van der Waals surface area contributed by atoms with E-state index in [4.69, 9.17) is 9.84 Å². The van der Waals surface area contributed by atoms with Gasteiger partial charge in [-0.2, -0.15) is 5.10 Å². The molecule has 19 heavy (non-hydrogen) atoms. The quantitative estimate of drug-likeness (QED) is 0.919. The second-order valence-corrected chi connectivity index (χ2v) is 3.57. The van der Waals surface area contributed by atoms with Crippen molar-refractivity contribution < 1.29 is 14.6 Å². The van der Waals surface area contributed by atoms with Crippen LogP contribution in [0.2, 0.25) is 0 Å². The van der Waals surface area contributed by atoms with Crippen LogP contribution >= 0.6 is 0 Å². The minimum atomic E-state index is -0.866. The zero-order chi connectivity index (χ0) is 14.3. The van der Waals surface area contributed by atoms with E-state index in [1.54, 1.807) is 24.2 Å². The molecule has 1 aromatic heterocycles. The first kappa shape index (κ1) is 14.8. The van der Waals surface area contributed by atoms with Crippen LogP contribution in [0.25, 0.3) is 5.69 Å². The summed E-state index contributed by atoms with van der Waals surface area (Å²) in [7, 11) is 1.60. The van der Waals surface area contributed by atoms with E-state index in [2.05, 4.69) is 5.10 Å². The number of carboxylic acids is 1. The Morgan fingerprint density at radius 2 is 2.16 bits per heavy atom. The fourth-order valence-corrected chi connectivity index (χ4v) is 1.52. The van der Waals surface area contributed by atoms with Crippen LogP contribution in [-0.4, -0.2) is 28.0 Å². The number of carbonyl (C=O) groups is 1. The number of ether oxygens (including phenoxy) is 1. The molecule has 0 fully saturated rings. The molecule has 0 unspecified atom stereocenters. The van der Waals surface area contributed by atoms with Gasteiger partial charge in [0.25, 0.3) is 0 Å². The molecule has 0 bridgehead atoms. The molecular formula is C14H18N2O3. The maximum atomic E-state index is 10.6. The normalized spacial score (nSPS) is 9.42. The summed E-state index contributed by atoms with van der Waals surface area (Å²) in [6.45, 7) is 4.00. The molecule has 0 aliphatic carbocycles. The van der Waals surface area contributed by atoms with Gasteiger partial charge in [-0.3, -0.25) is 4.79 Å². The van der Waals surface area contributed by atoms with Crippen LogP contribution < -0.4 is 4.74 Å². The Balaban J connectivity index is 0.000000861. The number of methoxy groups -OCH3 is 1. The van der Waals surface area contributed by atoms with Crippen molar-refractivity contribution >= 4 is 5.97 Å². The molecule has 0 spiro atoms. The Kier molecular flexibility index (Phi) is 5.60. The fourth-order valence-electron chi connectivity index (χ4n) is 1.52. The number of aromatic nitrogens is 2. The summed E-state index contributed by atoms with van der Waals surface area (Å²) in [6.07, 6.45) is 3.22. The summed E-state index contributed by atoms with van der Waals surface area (Å²) < 4.78 is 6.74. The highest BCUT2D eigenvalue weighted by Gasteiger charge is 2.05. The molecule has 0 aliphatic heterocycles. The Bertz CT molecular complexity index is 535. The van der Waals surface area contributed by atoms with Crippen molar-refractivity contribution in [1.82, 2.24) is 9.78 Å². The van der Waals surface area contributed by atoms with E-state index >= 15 is 0 Å². The Hall–Kier alpha value is -2.30. The van der Waals surface area contributed by atoms with E-state index in [1.807, 2.05) is 38.1 Å². The first-order chi connectivity index (χ1) is 9.19. The minimum absolute atomic E-state index is 0.0238. The SMILES string of the molecule is CC.COc1cccc(-n2cc(CC(=O)O)cn2)c1. The second-order valence-electron chi connectivity index (χ2n) is 3.57. The van der Waals surface area contributed by atoms with Gasteiger partial charge in [-0.25, -0.2) is 4.68 Å². The number of hydrogen-bond acceptors (Lipinski definition) is 3. The number of nitrogens with zero attached hydrogens (tertiary/aromatic N) is 2. The molecule has 0 amide bonds. The molecular weight excluding hydrogens is 244 g/mol. The molecule has 2 aromatic rings. The van der Waals surface area contributed by atoms with Gasteiger partial charge in [-0.1, -0.05) is 19.9 Å². The third kappa shape index (κ3) is 4.13. The topological polar surface area (TPSA) is 64.3 Å². The van der Waals surface area contributed by atoms with Crippen molar-refractivity contribution in [3.05, 3.63) is 42.2 Å². The lowest BCUT2D eigenvalue weighted by Gasteiger charge is -2.03. The van der Waals surface area contributed by atoms with E-state index in [1.165, 1.54) is 0 Å². The molecule has 0 saturated heterocycles. The lowest BCUT2D eigenvalue weighted by Crippen LogP contribution is -1.99. The number of carboxylic acid groups (broad SMARTS) is 1. The van der Waals surface area contributed by atoms with Gasteiger partial charge >= 0.3 is 5.97 Å². The Morgan fingerprint density at radius 1 is 1.42 bits per heavy atom. The van der Waals surface area contributed by atoms with Gasteiger partial charge in [0.2, 0.25) is 0 Å². The van der Waals surface area contributed by atoms with Crippen LogP contribution in [0, 0.1) is 0 Å². The van der Waals surface area contributed by atoms with Crippen LogP contribution in [0.3, 0.4) is 0 Å². The largest absolute Gasteiger partial charge is 0.497 e. The summed E-state index contributed by atoms with van der Waals surface area (Å²) >= 11 is 0. The maximum absolute atomic E-state index is 10.6. The second kappa shape index (κ2) is 7.20. The van der Waals surface area contributed by atoms with E-state index in [-0.39, 0.29) is 6.42 Å². The lowest BCUT2D eigenvalue weighted by atomic mass is 10.2. The third-order valence-corrected chi connectivity index (χ3v) is 2.31. The first-order valence-corrected chi connectivity index (χ1v) is 6.09. The Labute approximate surface area is 112 Å². The van der Waals surface area contributed by atoms with Gasteiger partial charge in [0.1, 0.15) is 5.75 Å². The van der Waals surface area contributed by atoms with Crippen molar-refractivity contribution in [2.45, 2.75) is 20.3 Å². The molecule has 0 radical (unpaired) electrons. The van der Waals surface area contributed by atoms with E-state index < -0.39 is 5.97 Å². The average molecular weight is 262 g/mol. The summed E-state index contributed by atoms with van der Waals surface area (Å²) in [4.78, 5) is 10.6. The summed E-state index contributed by atoms with van der Waals surface area (Å²) in [5, 5.41) is 12.8. The molecule has 102 valence electrons. The molecule has 1 heterocycles. The Morgan fingerprint density at radius 3 is 2.79 bits per heavy atom. The molecule has 0 saturated carbocycles. The van der Waals surface area contributed by atoms with Gasteiger partial charge < -0.3 is 9.84 Å². The standard InChI is InChI=1S/C12H12N2O3.C2H6/c1-17-11-4-2-3-10(6-11)14-8-9(7-13-14)5-12(15)16;1-2/h2-4,6-8H,5H2,1H3,(H,15,16);1-2H3. The van der Waals surface area contributed by atoms with E-state index in [9.17, 15) is 4.79 Å². The van der Waals surface area contributed by atoms with Crippen molar-refractivity contribution in [2.75, 3.05) is 7.11 Å². The highest BCUT2D eigenvalue weighted by molar-refractivity contribution is 5.69. The highest BCUT2D eigenvalue weighted by atomic mass is 16.5. The van der Waals surface area contributed by atoms with E-state index in [0.717, 1.165) is 11.4 Å². The zero-order valence-corrected chi connectivity index (χ0v) is 11.3. The molecule has 1 aromatic carbocycles. The molecule has 5 heteroatoms. The molecule has 1 N–H and O–H groups in total. The van der Waals surface area contributed by atoms with Crippen molar-refractivity contribution in [3.63, 3.8) is 0 Å². The molecule has 0 atom stereocenters. The lowest BCUT2D eigenvalue weighted by molar-refractivity contribution is -0.136. The summed E-state index contributed by atoms with van der Waals surface area (Å²) in [6, 6.07) is 7.40. The maximum Gasteiger partial charge on any atom is 0.307 e. The predicted octanol–water partition coefficient (Wildman–Crippen LogP) is 2.53. The minimum Gasteiger partial charge on any atom is -0.497 e. The first-order valence-electron chi connectivity index (χ1n) is 6.09. The average Bonchev–Trinajstić information content (AvgIpc) is 2.89. The van der Waals surface area contributed by atoms with Crippen molar-refractivity contribution in [1.29, 1.82) is 0 Å². The van der Waals surface area contributed by atoms with Gasteiger partial charge in [0.05, 0.1) is 25.4 Å². The third-order valence-electron chi connectivity index (χ3n) is 2.31. The molecule has 0 aliphatic rings. The smallest absolute Gasteiger partial charge is 0.307 e. The van der Waals surface area contributed by atoms with Crippen molar-refractivity contribution in [2.24, 2.45) is 0 Å². The number of rotatable bonds is 4. The van der Waals surface area contributed by atoms with Crippen LogP contribution in [0.1, 0.15) is 19.4 Å². The number of benzene rings is 1. The van der Waals surface area contributed by atoms with Gasteiger partial charge in [0, 0.05) is 17.8 Å². The van der Waals surface area contributed by atoms with E-state index in [0.29, 0.717) is 5.56 Å². The summed E-state index contributed by atoms with van der Waals surface area (Å²) in [5.74, 6) is -0.132. The van der Waals surface area contributed by atoms with Crippen molar-refractivity contribution in [3.8, 4) is 11.4 Å². The van der Waals surface area contributed by atoms with Crippen LogP contribution in [0.4, 0.5) is 0 Å². The monoisotopic (exact) mass is 262 g/mol. The van der Waals surface area contributed by atoms with Gasteiger partial charge in [0.15, 0.2) is 0 Å².